The summed E-state index contributed by atoms with van der Waals surface area (Å²) in [5.74, 6) is 0. The molecule has 84 valence electrons. The second-order valence-electron chi connectivity index (χ2n) is 3.78. The van der Waals surface area contributed by atoms with Crippen molar-refractivity contribution in [3.63, 3.8) is 0 Å². The van der Waals surface area contributed by atoms with E-state index in [0.29, 0.717) is 0 Å². The first-order valence-corrected chi connectivity index (χ1v) is 6.19. The highest BCUT2D eigenvalue weighted by Gasteiger charge is 1.97. The minimum absolute atomic E-state index is 0.900. The number of rotatable bonds is 4. The van der Waals surface area contributed by atoms with Gasteiger partial charge >= 0.3 is 0 Å². The molecule has 0 fully saturated rings. The lowest BCUT2D eigenvalue weighted by molar-refractivity contribution is 0.992. The van der Waals surface area contributed by atoms with Gasteiger partial charge in [0.25, 0.3) is 0 Å². The number of aryl methyl sites for hydroxylation is 2. The lowest BCUT2D eigenvalue weighted by atomic mass is 10.2. The Morgan fingerprint density at radius 2 is 2.12 bits per heavy atom. The Kier molecular flexibility index (Phi) is 3.51. The molecule has 16 heavy (non-hydrogen) atoms. The number of nitrogens with zero attached hydrogens (tertiary/aromatic N) is 2. The van der Waals surface area contributed by atoms with Gasteiger partial charge in [-0.1, -0.05) is 6.07 Å². The number of hydrogen-bond acceptors (Lipinski definition) is 4. The van der Waals surface area contributed by atoms with Crippen LogP contribution < -0.4 is 5.32 Å². The number of nitrogens with one attached hydrogen (secondary N) is 1. The summed E-state index contributed by atoms with van der Waals surface area (Å²) in [7, 11) is 0. The second kappa shape index (κ2) is 5.07. The summed E-state index contributed by atoms with van der Waals surface area (Å²) in [5.41, 5.74) is 3.39. The topological polar surface area (TPSA) is 37.8 Å². The molecule has 0 radical (unpaired) electrons. The predicted octanol–water partition coefficient (Wildman–Crippen LogP) is 2.81. The van der Waals surface area contributed by atoms with Crippen molar-refractivity contribution in [2.75, 3.05) is 11.9 Å². The Labute approximate surface area is 99.6 Å². The third-order valence-electron chi connectivity index (χ3n) is 2.28. The Hall–Kier alpha value is -1.42. The van der Waals surface area contributed by atoms with Gasteiger partial charge < -0.3 is 5.32 Å². The van der Waals surface area contributed by atoms with E-state index in [1.807, 2.05) is 26.1 Å². The van der Waals surface area contributed by atoms with E-state index in [1.54, 1.807) is 11.3 Å². The maximum Gasteiger partial charge on any atom is 0.182 e. The molecule has 0 bridgehead atoms. The van der Waals surface area contributed by atoms with Crippen LogP contribution in [-0.2, 0) is 6.42 Å². The lowest BCUT2D eigenvalue weighted by Gasteiger charge is -2.02. The average molecular weight is 233 g/mol. The van der Waals surface area contributed by atoms with E-state index in [1.165, 1.54) is 5.56 Å². The molecule has 0 unspecified atom stereocenters. The Morgan fingerprint density at radius 1 is 1.25 bits per heavy atom. The van der Waals surface area contributed by atoms with Crippen molar-refractivity contribution in [2.45, 2.75) is 20.3 Å². The third kappa shape index (κ3) is 3.03. The molecule has 2 aromatic rings. The molecule has 3 nitrogen and oxygen atoms in total. The van der Waals surface area contributed by atoms with Gasteiger partial charge in [0.2, 0.25) is 0 Å². The van der Waals surface area contributed by atoms with Gasteiger partial charge in [-0.05, 0) is 31.9 Å². The third-order valence-corrected chi connectivity index (χ3v) is 3.20. The molecule has 0 saturated carbocycles. The maximum absolute atomic E-state index is 4.35. The molecule has 0 aliphatic rings. The van der Waals surface area contributed by atoms with Gasteiger partial charge in [-0.15, -0.1) is 11.3 Å². The fraction of sp³-hybridized carbons (Fsp3) is 0.333. The van der Waals surface area contributed by atoms with Gasteiger partial charge in [0.15, 0.2) is 5.13 Å². The number of anilines is 1. The van der Waals surface area contributed by atoms with Gasteiger partial charge in [0, 0.05) is 23.8 Å². The molecule has 2 rings (SSSR count). The molecule has 0 atom stereocenters. The predicted molar refractivity (Wildman–Crippen MR) is 68.0 cm³/mol. The summed E-state index contributed by atoms with van der Waals surface area (Å²) in [6, 6.07) is 4.17. The highest BCUT2D eigenvalue weighted by molar-refractivity contribution is 7.13. The van der Waals surface area contributed by atoms with E-state index in [9.17, 15) is 0 Å². The highest BCUT2D eigenvalue weighted by atomic mass is 32.1. The van der Waals surface area contributed by atoms with Crippen LogP contribution in [0.25, 0.3) is 0 Å². The molecular weight excluding hydrogens is 218 g/mol. The summed E-state index contributed by atoms with van der Waals surface area (Å²) in [6.07, 6.45) is 2.91. The van der Waals surface area contributed by atoms with Crippen molar-refractivity contribution in [3.05, 3.63) is 40.7 Å². The van der Waals surface area contributed by atoms with Crippen LogP contribution in [0.5, 0.6) is 0 Å². The molecule has 1 N–H and O–H groups in total. The normalized spacial score (nSPS) is 10.4. The summed E-state index contributed by atoms with van der Waals surface area (Å²) < 4.78 is 0. The SMILES string of the molecule is Cc1ccc(CCNc2nc(C)cs2)cn1. The number of pyridine rings is 1. The first-order chi connectivity index (χ1) is 7.74. The van der Waals surface area contributed by atoms with Crippen LogP contribution >= 0.6 is 11.3 Å². The van der Waals surface area contributed by atoms with Crippen LogP contribution in [0.3, 0.4) is 0 Å². The fourth-order valence-corrected chi connectivity index (χ4v) is 2.11. The molecule has 0 saturated heterocycles. The zero-order valence-corrected chi connectivity index (χ0v) is 10.3. The first-order valence-electron chi connectivity index (χ1n) is 5.31. The van der Waals surface area contributed by atoms with Crippen molar-refractivity contribution in [1.29, 1.82) is 0 Å². The summed E-state index contributed by atoms with van der Waals surface area (Å²) >= 11 is 1.65. The van der Waals surface area contributed by atoms with Gasteiger partial charge in [0.05, 0.1) is 5.69 Å². The molecule has 2 aromatic heterocycles. The minimum atomic E-state index is 0.900. The molecule has 0 amide bonds. The van der Waals surface area contributed by atoms with E-state index in [-0.39, 0.29) is 0 Å². The fourth-order valence-electron chi connectivity index (χ4n) is 1.40. The molecule has 0 aliphatic heterocycles. The van der Waals surface area contributed by atoms with Crippen molar-refractivity contribution in [3.8, 4) is 0 Å². The van der Waals surface area contributed by atoms with Crippen molar-refractivity contribution in [1.82, 2.24) is 9.97 Å². The van der Waals surface area contributed by atoms with Crippen LogP contribution in [0.15, 0.2) is 23.7 Å². The lowest BCUT2D eigenvalue weighted by Crippen LogP contribution is -2.04. The minimum Gasteiger partial charge on any atom is -0.361 e. The van der Waals surface area contributed by atoms with Crippen LogP contribution in [0.1, 0.15) is 17.0 Å². The number of hydrogen-bond donors (Lipinski definition) is 1. The van der Waals surface area contributed by atoms with Gasteiger partial charge in [-0.25, -0.2) is 4.98 Å². The average Bonchev–Trinajstić information content (AvgIpc) is 2.67. The largest absolute Gasteiger partial charge is 0.361 e. The monoisotopic (exact) mass is 233 g/mol. The highest BCUT2D eigenvalue weighted by Crippen LogP contribution is 2.14. The Balaban J connectivity index is 1.82. The van der Waals surface area contributed by atoms with E-state index < -0.39 is 0 Å². The van der Waals surface area contributed by atoms with Crippen molar-refractivity contribution in [2.24, 2.45) is 0 Å². The maximum atomic E-state index is 4.35. The van der Waals surface area contributed by atoms with Crippen LogP contribution in [0, 0.1) is 13.8 Å². The molecular formula is C12H15N3S. The van der Waals surface area contributed by atoms with E-state index in [2.05, 4.69) is 26.7 Å². The second-order valence-corrected chi connectivity index (χ2v) is 4.64. The van der Waals surface area contributed by atoms with Gasteiger partial charge in [-0.2, -0.15) is 0 Å². The zero-order chi connectivity index (χ0) is 11.4. The molecule has 0 spiro atoms. The van der Waals surface area contributed by atoms with E-state index >= 15 is 0 Å². The Morgan fingerprint density at radius 3 is 2.75 bits per heavy atom. The summed E-state index contributed by atoms with van der Waals surface area (Å²) in [4.78, 5) is 8.62. The van der Waals surface area contributed by atoms with E-state index in [4.69, 9.17) is 0 Å². The van der Waals surface area contributed by atoms with Crippen molar-refractivity contribution >= 4 is 16.5 Å². The zero-order valence-electron chi connectivity index (χ0n) is 9.53. The van der Waals surface area contributed by atoms with Gasteiger partial charge in [0.1, 0.15) is 0 Å². The van der Waals surface area contributed by atoms with Crippen molar-refractivity contribution < 1.29 is 0 Å². The molecule has 0 aromatic carbocycles. The van der Waals surface area contributed by atoms with Crippen LogP contribution in [0.4, 0.5) is 5.13 Å². The number of aromatic nitrogens is 2. The van der Waals surface area contributed by atoms with Crippen LogP contribution in [-0.4, -0.2) is 16.5 Å². The van der Waals surface area contributed by atoms with Gasteiger partial charge in [-0.3, -0.25) is 4.98 Å². The summed E-state index contributed by atoms with van der Waals surface area (Å²) in [6.45, 7) is 4.91. The molecule has 0 aliphatic carbocycles. The standard InChI is InChI=1S/C12H15N3S/c1-9-3-4-11(7-14-9)5-6-13-12-15-10(2)8-16-12/h3-4,7-8H,5-6H2,1-2H3,(H,13,15). The molecule has 4 heteroatoms. The summed E-state index contributed by atoms with van der Waals surface area (Å²) in [5, 5.41) is 6.36. The Bertz CT molecular complexity index is 448. The quantitative estimate of drug-likeness (QED) is 0.882. The van der Waals surface area contributed by atoms with Crippen LogP contribution in [0.2, 0.25) is 0 Å². The number of thiazole rings is 1. The molecule has 2 heterocycles. The smallest absolute Gasteiger partial charge is 0.182 e. The first kappa shape index (κ1) is 11.1. The van der Waals surface area contributed by atoms with E-state index in [0.717, 1.165) is 29.5 Å².